The second-order valence-corrected chi connectivity index (χ2v) is 3.22. The second kappa shape index (κ2) is 6.45. The highest BCUT2D eigenvalue weighted by Crippen LogP contribution is 2.25. The minimum atomic E-state index is -0.510. The van der Waals surface area contributed by atoms with E-state index >= 15 is 0 Å². The van der Waals surface area contributed by atoms with E-state index in [0.29, 0.717) is 0 Å². The van der Waals surface area contributed by atoms with Gasteiger partial charge in [-0.1, -0.05) is 12.1 Å². The predicted octanol–water partition coefficient (Wildman–Crippen LogP) is 1.90. The van der Waals surface area contributed by atoms with E-state index in [2.05, 4.69) is 0 Å². The van der Waals surface area contributed by atoms with Crippen molar-refractivity contribution in [2.75, 3.05) is 13.2 Å². The van der Waals surface area contributed by atoms with Gasteiger partial charge < -0.3 is 9.47 Å². The summed E-state index contributed by atoms with van der Waals surface area (Å²) in [6.07, 6.45) is -0.510. The number of benzene rings is 1. The summed E-state index contributed by atoms with van der Waals surface area (Å²) in [5.74, 6) is 0.200. The molecule has 0 heterocycles. The number of hydrogen-bond donors (Lipinski definition) is 0. The van der Waals surface area contributed by atoms with Crippen LogP contribution in [0, 0.1) is 21.4 Å². The highest BCUT2D eigenvalue weighted by molar-refractivity contribution is 5.45. The van der Waals surface area contributed by atoms with Gasteiger partial charge in [-0.15, -0.1) is 0 Å². The number of nitriles is 1. The van der Waals surface area contributed by atoms with Gasteiger partial charge in [-0.2, -0.15) is 5.26 Å². The summed E-state index contributed by atoms with van der Waals surface area (Å²) in [6, 6.07) is 8.02. The Morgan fingerprint density at radius 3 is 2.82 bits per heavy atom. The third-order valence-corrected chi connectivity index (χ3v) is 1.95. The summed E-state index contributed by atoms with van der Waals surface area (Å²) in [4.78, 5) is 10.2. The normalized spacial score (nSPS) is 11.5. The largest absolute Gasteiger partial charge is 0.484 e. The minimum absolute atomic E-state index is 0.0826. The summed E-state index contributed by atoms with van der Waals surface area (Å²) in [5.41, 5.74) is -0.0826. The highest BCUT2D eigenvalue weighted by atomic mass is 16.6. The van der Waals surface area contributed by atoms with E-state index in [1.165, 1.54) is 12.1 Å². The summed E-state index contributed by atoms with van der Waals surface area (Å²) in [5, 5.41) is 19.1. The molecule has 0 amide bonds. The Hall–Kier alpha value is -2.13. The summed E-state index contributed by atoms with van der Waals surface area (Å²) < 4.78 is 10.3. The molecule has 6 nitrogen and oxygen atoms in total. The number of nitro benzene ring substituents is 1. The molecule has 0 aliphatic carbocycles. The van der Waals surface area contributed by atoms with E-state index in [0.717, 1.165) is 0 Å². The molecule has 6 heteroatoms. The molecule has 0 saturated carbocycles. The van der Waals surface area contributed by atoms with Crippen LogP contribution < -0.4 is 4.74 Å². The van der Waals surface area contributed by atoms with Crippen molar-refractivity contribution in [3.63, 3.8) is 0 Å². The molecule has 1 rings (SSSR count). The molecule has 0 saturated heterocycles. The minimum Gasteiger partial charge on any atom is -0.484 e. The molecule has 0 fully saturated rings. The van der Waals surface area contributed by atoms with Gasteiger partial charge in [0, 0.05) is 6.07 Å². The van der Waals surface area contributed by atoms with Gasteiger partial charge in [0.2, 0.25) is 0 Å². The van der Waals surface area contributed by atoms with Crippen molar-refractivity contribution in [2.24, 2.45) is 0 Å². The van der Waals surface area contributed by atoms with E-state index in [9.17, 15) is 10.1 Å². The number of rotatable bonds is 6. The molecule has 0 N–H and O–H groups in total. The van der Waals surface area contributed by atoms with Gasteiger partial charge in [0.25, 0.3) is 0 Å². The standard InChI is InChI=1S/C11H12N2O4/c1-9(8-12)16-6-7-17-11-5-3-2-4-10(11)13(14)15/h2-5,9H,6-7H2,1H3. The first-order valence-electron chi connectivity index (χ1n) is 5.02. The van der Waals surface area contributed by atoms with Crippen LogP contribution >= 0.6 is 0 Å². The van der Waals surface area contributed by atoms with Crippen molar-refractivity contribution in [3.05, 3.63) is 34.4 Å². The summed E-state index contributed by atoms with van der Waals surface area (Å²) >= 11 is 0. The van der Waals surface area contributed by atoms with Gasteiger partial charge in [0.1, 0.15) is 12.7 Å². The fourth-order valence-corrected chi connectivity index (χ4v) is 1.14. The molecule has 90 valence electrons. The van der Waals surface area contributed by atoms with Gasteiger partial charge >= 0.3 is 5.69 Å². The Balaban J connectivity index is 2.47. The maximum absolute atomic E-state index is 10.7. The van der Waals surface area contributed by atoms with E-state index in [4.69, 9.17) is 14.7 Å². The predicted molar refractivity (Wildman–Crippen MR) is 59.6 cm³/mol. The molecule has 1 atom stereocenters. The van der Waals surface area contributed by atoms with Crippen LogP contribution in [0.15, 0.2) is 24.3 Å². The van der Waals surface area contributed by atoms with E-state index in [-0.39, 0.29) is 24.7 Å². The average Bonchev–Trinajstić information content (AvgIpc) is 2.34. The summed E-state index contributed by atoms with van der Waals surface area (Å²) in [6.45, 7) is 1.99. The first-order valence-corrected chi connectivity index (χ1v) is 5.02. The molecule has 0 aliphatic rings. The molecular formula is C11H12N2O4. The number of nitro groups is 1. The molecule has 1 aromatic rings. The fourth-order valence-electron chi connectivity index (χ4n) is 1.14. The molecule has 17 heavy (non-hydrogen) atoms. The Kier molecular flexibility index (Phi) is 4.91. The van der Waals surface area contributed by atoms with Gasteiger partial charge in [-0.25, -0.2) is 0 Å². The zero-order valence-electron chi connectivity index (χ0n) is 9.33. The third-order valence-electron chi connectivity index (χ3n) is 1.95. The second-order valence-electron chi connectivity index (χ2n) is 3.22. The lowest BCUT2D eigenvalue weighted by molar-refractivity contribution is -0.385. The van der Waals surface area contributed by atoms with Crippen LogP contribution in [0.3, 0.4) is 0 Å². The fraction of sp³-hybridized carbons (Fsp3) is 0.364. The van der Waals surface area contributed by atoms with E-state index in [1.54, 1.807) is 19.1 Å². The van der Waals surface area contributed by atoms with Gasteiger partial charge in [-0.3, -0.25) is 10.1 Å². The van der Waals surface area contributed by atoms with Crippen LogP contribution in [0.4, 0.5) is 5.69 Å². The molecule has 0 aliphatic heterocycles. The number of nitrogens with zero attached hydrogens (tertiary/aromatic N) is 2. The van der Waals surface area contributed by atoms with E-state index in [1.807, 2.05) is 6.07 Å². The van der Waals surface area contributed by atoms with Crippen LogP contribution in [-0.2, 0) is 4.74 Å². The number of ether oxygens (including phenoxy) is 2. The monoisotopic (exact) mass is 236 g/mol. The lowest BCUT2D eigenvalue weighted by Gasteiger charge is -2.08. The van der Waals surface area contributed by atoms with Crippen molar-refractivity contribution in [2.45, 2.75) is 13.0 Å². The Bertz CT molecular complexity index is 428. The van der Waals surface area contributed by atoms with Crippen LogP contribution in [0.2, 0.25) is 0 Å². The van der Waals surface area contributed by atoms with Gasteiger partial charge in [0.15, 0.2) is 5.75 Å². The highest BCUT2D eigenvalue weighted by Gasteiger charge is 2.13. The van der Waals surface area contributed by atoms with Crippen LogP contribution in [-0.4, -0.2) is 24.2 Å². The van der Waals surface area contributed by atoms with Gasteiger partial charge in [-0.05, 0) is 13.0 Å². The Morgan fingerprint density at radius 2 is 2.18 bits per heavy atom. The first-order chi connectivity index (χ1) is 8.15. The zero-order valence-corrected chi connectivity index (χ0v) is 9.33. The van der Waals surface area contributed by atoms with Crippen LogP contribution in [0.25, 0.3) is 0 Å². The topological polar surface area (TPSA) is 85.4 Å². The summed E-state index contributed by atoms with van der Waals surface area (Å²) in [7, 11) is 0. The van der Waals surface area contributed by atoms with Crippen molar-refractivity contribution >= 4 is 5.69 Å². The number of hydrogen-bond acceptors (Lipinski definition) is 5. The Morgan fingerprint density at radius 1 is 1.47 bits per heavy atom. The SMILES string of the molecule is CC(C#N)OCCOc1ccccc1[N+](=O)[O-]. The van der Waals surface area contributed by atoms with Gasteiger partial charge in [0.05, 0.1) is 17.6 Å². The van der Waals surface area contributed by atoms with Crippen molar-refractivity contribution < 1.29 is 14.4 Å². The Labute approximate surface area is 98.5 Å². The van der Waals surface area contributed by atoms with Crippen molar-refractivity contribution in [1.82, 2.24) is 0 Å². The smallest absolute Gasteiger partial charge is 0.310 e. The first kappa shape index (κ1) is 12.9. The lowest BCUT2D eigenvalue weighted by atomic mass is 10.3. The quantitative estimate of drug-likeness (QED) is 0.427. The lowest BCUT2D eigenvalue weighted by Crippen LogP contribution is -2.12. The molecular weight excluding hydrogens is 224 g/mol. The maximum atomic E-state index is 10.7. The van der Waals surface area contributed by atoms with Crippen LogP contribution in [0.5, 0.6) is 5.75 Å². The average molecular weight is 236 g/mol. The van der Waals surface area contributed by atoms with E-state index < -0.39 is 11.0 Å². The number of para-hydroxylation sites is 2. The van der Waals surface area contributed by atoms with Crippen molar-refractivity contribution in [1.29, 1.82) is 5.26 Å². The third kappa shape index (κ3) is 4.09. The molecule has 1 unspecified atom stereocenters. The van der Waals surface area contributed by atoms with Crippen molar-refractivity contribution in [3.8, 4) is 11.8 Å². The molecule has 0 bridgehead atoms. The molecule has 0 aromatic heterocycles. The molecule has 0 spiro atoms. The molecule has 0 radical (unpaired) electrons. The zero-order chi connectivity index (χ0) is 12.7. The van der Waals surface area contributed by atoms with Crippen LogP contribution in [0.1, 0.15) is 6.92 Å². The maximum Gasteiger partial charge on any atom is 0.310 e. The molecule has 1 aromatic carbocycles.